The molecule has 0 aromatic carbocycles. The van der Waals surface area contributed by atoms with Crippen molar-refractivity contribution in [3.8, 4) is 0 Å². The summed E-state index contributed by atoms with van der Waals surface area (Å²) in [7, 11) is -4.32. The molecule has 1 atom stereocenters. The zero-order valence-corrected chi connectivity index (χ0v) is 9.65. The first kappa shape index (κ1) is 13.6. The van der Waals surface area contributed by atoms with Crippen LogP contribution >= 0.6 is 11.8 Å². The average Bonchev–Trinajstić information content (AvgIpc) is 2.12. The Bertz CT molecular complexity index is 323. The van der Waals surface area contributed by atoms with Crippen LogP contribution in [0.25, 0.3) is 0 Å². The van der Waals surface area contributed by atoms with E-state index in [4.69, 9.17) is 5.73 Å². The van der Waals surface area contributed by atoms with E-state index in [1.807, 2.05) is 6.26 Å². The summed E-state index contributed by atoms with van der Waals surface area (Å²) in [6, 6.07) is -1.10. The highest BCUT2D eigenvalue weighted by molar-refractivity contribution is 8.18. The Labute approximate surface area is 87.3 Å². The van der Waals surface area contributed by atoms with Crippen molar-refractivity contribution in [1.29, 1.82) is 0 Å². The molecule has 0 aliphatic carbocycles. The molecular formula is C7H13NO4S2. The van der Waals surface area contributed by atoms with Crippen molar-refractivity contribution in [3.05, 3.63) is 0 Å². The maximum atomic E-state index is 11.2. The summed E-state index contributed by atoms with van der Waals surface area (Å²) < 4.78 is 22.1. The van der Waals surface area contributed by atoms with Gasteiger partial charge in [0.1, 0.15) is 0 Å². The lowest BCUT2D eigenvalue weighted by Gasteiger charge is -2.07. The summed E-state index contributed by atoms with van der Waals surface area (Å²) in [4.78, 5) is 21.8. The van der Waals surface area contributed by atoms with Crippen LogP contribution < -0.4 is 5.73 Å². The Kier molecular flexibility index (Phi) is 5.32. The summed E-state index contributed by atoms with van der Waals surface area (Å²) in [5, 5.41) is -2.33. The third-order valence-corrected chi connectivity index (χ3v) is 3.81. The van der Waals surface area contributed by atoms with Crippen LogP contribution in [0.5, 0.6) is 0 Å². The number of hydrogen-bond donors (Lipinski definition) is 1. The normalized spacial score (nSPS) is 13.6. The Balaban J connectivity index is 4.55. The molecule has 0 amide bonds. The van der Waals surface area contributed by atoms with Crippen molar-refractivity contribution < 1.29 is 18.0 Å². The smallest absolute Gasteiger partial charge is 0.274 e. The number of carbonyl (C=O) groups excluding carboxylic acids is 2. The minimum atomic E-state index is -4.32. The Hall–Kier alpha value is -0.400. The van der Waals surface area contributed by atoms with Gasteiger partial charge in [-0.3, -0.25) is 9.59 Å². The molecule has 14 heavy (non-hydrogen) atoms. The van der Waals surface area contributed by atoms with Gasteiger partial charge in [-0.2, -0.15) is 11.8 Å². The third-order valence-electron chi connectivity index (χ3n) is 1.58. The highest BCUT2D eigenvalue weighted by atomic mass is 32.2. The molecule has 82 valence electrons. The van der Waals surface area contributed by atoms with Crippen molar-refractivity contribution in [1.82, 2.24) is 0 Å². The maximum absolute atomic E-state index is 11.2. The number of rotatable bonds is 4. The summed E-state index contributed by atoms with van der Waals surface area (Å²) in [5.41, 5.74) is 5.33. The van der Waals surface area contributed by atoms with E-state index in [1.54, 1.807) is 0 Å². The predicted octanol–water partition coefficient (Wildman–Crippen LogP) is -0.445. The molecule has 0 heterocycles. The minimum absolute atomic E-state index is 0.256. The SMILES string of the molecule is CSCC[C@H](N)C(=O)S(=O)(=O)C(C)=O. The number of carbonyl (C=O) groups is 2. The highest BCUT2D eigenvalue weighted by Crippen LogP contribution is 2.04. The van der Waals surface area contributed by atoms with Crippen molar-refractivity contribution in [2.75, 3.05) is 12.0 Å². The van der Waals surface area contributed by atoms with Gasteiger partial charge in [-0.1, -0.05) is 0 Å². The van der Waals surface area contributed by atoms with Crippen LogP contribution in [-0.4, -0.2) is 36.7 Å². The second-order valence-corrected chi connectivity index (χ2v) is 5.67. The van der Waals surface area contributed by atoms with Crippen molar-refractivity contribution in [3.63, 3.8) is 0 Å². The van der Waals surface area contributed by atoms with E-state index in [1.165, 1.54) is 11.8 Å². The number of hydrogen-bond acceptors (Lipinski definition) is 6. The fourth-order valence-corrected chi connectivity index (χ4v) is 1.99. The second-order valence-electron chi connectivity index (χ2n) is 2.70. The Morgan fingerprint density at radius 3 is 2.29 bits per heavy atom. The molecule has 2 N–H and O–H groups in total. The third kappa shape index (κ3) is 3.39. The Morgan fingerprint density at radius 2 is 1.93 bits per heavy atom. The zero-order chi connectivity index (χ0) is 11.4. The van der Waals surface area contributed by atoms with Gasteiger partial charge >= 0.3 is 0 Å². The second kappa shape index (κ2) is 5.47. The number of thioether (sulfide) groups is 1. The lowest BCUT2D eigenvalue weighted by molar-refractivity contribution is -0.114. The minimum Gasteiger partial charge on any atom is -0.321 e. The van der Waals surface area contributed by atoms with Crippen LogP contribution in [-0.2, 0) is 19.4 Å². The Morgan fingerprint density at radius 1 is 1.43 bits per heavy atom. The van der Waals surface area contributed by atoms with E-state index >= 15 is 0 Å². The summed E-state index contributed by atoms with van der Waals surface area (Å²) >= 11 is 1.45. The molecule has 0 bridgehead atoms. The predicted molar refractivity (Wildman–Crippen MR) is 55.6 cm³/mol. The van der Waals surface area contributed by atoms with E-state index in [-0.39, 0.29) is 6.42 Å². The van der Waals surface area contributed by atoms with Gasteiger partial charge in [-0.25, -0.2) is 8.42 Å². The molecule has 0 fully saturated rings. The average molecular weight is 239 g/mol. The first-order valence-corrected chi connectivity index (χ1v) is 6.75. The summed E-state index contributed by atoms with van der Waals surface area (Å²) in [6.45, 7) is 0.842. The quantitative estimate of drug-likeness (QED) is 0.714. The highest BCUT2D eigenvalue weighted by Gasteiger charge is 2.31. The molecule has 0 aromatic heterocycles. The van der Waals surface area contributed by atoms with E-state index < -0.39 is 26.1 Å². The van der Waals surface area contributed by atoms with Gasteiger partial charge in [0, 0.05) is 6.92 Å². The van der Waals surface area contributed by atoms with E-state index in [9.17, 15) is 18.0 Å². The van der Waals surface area contributed by atoms with Gasteiger partial charge in [-0.15, -0.1) is 0 Å². The van der Waals surface area contributed by atoms with Crippen LogP contribution in [0, 0.1) is 0 Å². The van der Waals surface area contributed by atoms with E-state index in [2.05, 4.69) is 0 Å². The lowest BCUT2D eigenvalue weighted by atomic mass is 10.3. The van der Waals surface area contributed by atoms with Crippen molar-refractivity contribution in [2.45, 2.75) is 19.4 Å². The van der Waals surface area contributed by atoms with Crippen LogP contribution in [0.3, 0.4) is 0 Å². The molecule has 0 rings (SSSR count). The molecule has 0 unspecified atom stereocenters. The summed E-state index contributed by atoms with van der Waals surface area (Å²) in [6.07, 6.45) is 2.07. The first-order valence-electron chi connectivity index (χ1n) is 3.88. The molecule has 5 nitrogen and oxygen atoms in total. The largest absolute Gasteiger partial charge is 0.321 e. The van der Waals surface area contributed by atoms with Crippen LogP contribution in [0.4, 0.5) is 0 Å². The lowest BCUT2D eigenvalue weighted by Crippen LogP contribution is -2.38. The number of nitrogens with two attached hydrogens (primary N) is 1. The molecule has 0 aliphatic rings. The number of sulfone groups is 1. The fraction of sp³-hybridized carbons (Fsp3) is 0.714. The van der Waals surface area contributed by atoms with Crippen molar-refractivity contribution in [2.24, 2.45) is 5.73 Å². The van der Waals surface area contributed by atoms with Crippen molar-refractivity contribution >= 4 is 31.8 Å². The molecule has 0 radical (unpaired) electrons. The summed E-state index contributed by atoms with van der Waals surface area (Å²) in [5.74, 6) is 0.584. The van der Waals surface area contributed by atoms with E-state index in [0.29, 0.717) is 5.75 Å². The van der Waals surface area contributed by atoms with E-state index in [0.717, 1.165) is 6.92 Å². The van der Waals surface area contributed by atoms with Gasteiger partial charge in [0.05, 0.1) is 6.04 Å². The standard InChI is InChI=1S/C7H13NO4S2/c1-5(9)14(11,12)7(10)6(8)3-4-13-2/h6H,3-4,8H2,1-2H3/t6-/m0/s1. The molecule has 0 aliphatic heterocycles. The first-order chi connectivity index (χ1) is 6.34. The molecule has 7 heteroatoms. The maximum Gasteiger partial charge on any atom is 0.274 e. The van der Waals surface area contributed by atoms with Crippen LogP contribution in [0.2, 0.25) is 0 Å². The van der Waals surface area contributed by atoms with Gasteiger partial charge in [-0.05, 0) is 18.4 Å². The topological polar surface area (TPSA) is 94.3 Å². The fourth-order valence-electron chi connectivity index (χ4n) is 0.704. The monoisotopic (exact) mass is 239 g/mol. The van der Waals surface area contributed by atoms with Crippen LogP contribution in [0.15, 0.2) is 0 Å². The molecular weight excluding hydrogens is 226 g/mol. The molecule has 0 saturated heterocycles. The van der Waals surface area contributed by atoms with Crippen LogP contribution in [0.1, 0.15) is 13.3 Å². The van der Waals surface area contributed by atoms with Gasteiger partial charge in [0.25, 0.3) is 20.1 Å². The molecule has 0 aromatic rings. The zero-order valence-electron chi connectivity index (χ0n) is 8.02. The van der Waals surface area contributed by atoms with Gasteiger partial charge in [0.15, 0.2) is 0 Å². The molecule has 0 saturated carbocycles. The van der Waals surface area contributed by atoms with Gasteiger partial charge < -0.3 is 5.73 Å². The van der Waals surface area contributed by atoms with Gasteiger partial charge in [0.2, 0.25) is 0 Å². The molecule has 0 spiro atoms.